The van der Waals surface area contributed by atoms with Gasteiger partial charge < -0.3 is 25.0 Å². The van der Waals surface area contributed by atoms with Gasteiger partial charge in [-0.3, -0.25) is 9.79 Å². The van der Waals surface area contributed by atoms with Crippen molar-refractivity contribution < 1.29 is 14.3 Å². The van der Waals surface area contributed by atoms with Gasteiger partial charge in [0, 0.05) is 59.0 Å². The monoisotopic (exact) mass is 354 g/mol. The van der Waals surface area contributed by atoms with Crippen molar-refractivity contribution in [1.82, 2.24) is 15.5 Å². The van der Waals surface area contributed by atoms with E-state index < -0.39 is 0 Å². The Morgan fingerprint density at radius 1 is 1.32 bits per heavy atom. The fraction of sp³-hybridized carbons (Fsp3) is 0.889. The smallest absolute Gasteiger partial charge is 0.222 e. The van der Waals surface area contributed by atoms with Gasteiger partial charge in [-0.2, -0.15) is 0 Å². The zero-order valence-corrected chi connectivity index (χ0v) is 15.6. The molecule has 0 aromatic carbocycles. The molecule has 0 aromatic rings. The normalized spacial score (nSPS) is 19.5. The minimum Gasteiger partial charge on any atom is -0.381 e. The number of nitrogens with one attached hydrogen (secondary N) is 2. The van der Waals surface area contributed by atoms with Crippen LogP contribution in [-0.2, 0) is 14.3 Å². The van der Waals surface area contributed by atoms with Crippen molar-refractivity contribution >= 4 is 11.9 Å². The van der Waals surface area contributed by atoms with Crippen molar-refractivity contribution in [3.05, 3.63) is 0 Å². The molecule has 0 atom stereocenters. The molecule has 144 valence electrons. The summed E-state index contributed by atoms with van der Waals surface area (Å²) in [7, 11) is 0. The Hall–Kier alpha value is -1.34. The summed E-state index contributed by atoms with van der Waals surface area (Å²) >= 11 is 0. The third-order valence-electron chi connectivity index (χ3n) is 4.51. The van der Waals surface area contributed by atoms with Gasteiger partial charge in [0.25, 0.3) is 0 Å². The molecule has 0 radical (unpaired) electrons. The number of aliphatic imine (C=N–C) groups is 1. The molecule has 2 rings (SSSR count). The molecule has 25 heavy (non-hydrogen) atoms. The summed E-state index contributed by atoms with van der Waals surface area (Å²) in [5.74, 6) is 1.14. The van der Waals surface area contributed by atoms with Gasteiger partial charge in [-0.1, -0.05) is 0 Å². The van der Waals surface area contributed by atoms with E-state index in [9.17, 15) is 4.79 Å². The average molecular weight is 354 g/mol. The van der Waals surface area contributed by atoms with Gasteiger partial charge in [0.05, 0.1) is 6.10 Å². The van der Waals surface area contributed by atoms with E-state index in [1.54, 1.807) is 0 Å². The first-order valence-corrected chi connectivity index (χ1v) is 9.79. The van der Waals surface area contributed by atoms with Crippen LogP contribution in [0.5, 0.6) is 0 Å². The highest BCUT2D eigenvalue weighted by Gasteiger charge is 2.18. The van der Waals surface area contributed by atoms with Crippen molar-refractivity contribution in [2.75, 3.05) is 52.5 Å². The number of guanidine groups is 1. The molecule has 2 saturated heterocycles. The SMILES string of the molecule is CCNC(=NCCCN1CCCC1=O)NCCCOC1CCOCC1. The van der Waals surface area contributed by atoms with Crippen LogP contribution in [0.15, 0.2) is 4.99 Å². The maximum Gasteiger partial charge on any atom is 0.222 e. The van der Waals surface area contributed by atoms with E-state index in [2.05, 4.69) is 22.5 Å². The molecular formula is C18H34N4O3. The summed E-state index contributed by atoms with van der Waals surface area (Å²) in [5, 5.41) is 6.61. The van der Waals surface area contributed by atoms with Gasteiger partial charge in [0.1, 0.15) is 0 Å². The Labute approximate surface area is 151 Å². The van der Waals surface area contributed by atoms with Crippen LogP contribution in [0.2, 0.25) is 0 Å². The van der Waals surface area contributed by atoms with Gasteiger partial charge in [-0.25, -0.2) is 0 Å². The number of likely N-dealkylation sites (tertiary alicyclic amines) is 1. The molecule has 0 bridgehead atoms. The number of hydrogen-bond acceptors (Lipinski definition) is 4. The average Bonchev–Trinajstić information content (AvgIpc) is 3.04. The summed E-state index contributed by atoms with van der Waals surface area (Å²) in [4.78, 5) is 18.1. The van der Waals surface area contributed by atoms with Crippen LogP contribution >= 0.6 is 0 Å². The lowest BCUT2D eigenvalue weighted by atomic mass is 10.1. The summed E-state index contributed by atoms with van der Waals surface area (Å²) in [6.45, 7) is 8.63. The molecule has 2 N–H and O–H groups in total. The second-order valence-electron chi connectivity index (χ2n) is 6.56. The van der Waals surface area contributed by atoms with Crippen molar-refractivity contribution in [2.45, 2.75) is 51.6 Å². The van der Waals surface area contributed by atoms with E-state index in [1.807, 2.05) is 4.90 Å². The third-order valence-corrected chi connectivity index (χ3v) is 4.51. The lowest BCUT2D eigenvalue weighted by molar-refractivity contribution is -0.127. The highest BCUT2D eigenvalue weighted by atomic mass is 16.5. The van der Waals surface area contributed by atoms with Crippen LogP contribution in [-0.4, -0.2) is 75.4 Å². The van der Waals surface area contributed by atoms with Crippen molar-refractivity contribution in [1.29, 1.82) is 0 Å². The first-order valence-electron chi connectivity index (χ1n) is 9.79. The van der Waals surface area contributed by atoms with E-state index in [-0.39, 0.29) is 0 Å². The van der Waals surface area contributed by atoms with Crippen molar-refractivity contribution in [2.24, 2.45) is 4.99 Å². The number of amides is 1. The Morgan fingerprint density at radius 2 is 2.16 bits per heavy atom. The fourth-order valence-electron chi connectivity index (χ4n) is 3.11. The minimum atomic E-state index is 0.290. The summed E-state index contributed by atoms with van der Waals surface area (Å²) in [6.07, 6.45) is 5.97. The summed E-state index contributed by atoms with van der Waals surface area (Å²) < 4.78 is 11.2. The van der Waals surface area contributed by atoms with E-state index in [0.717, 1.165) is 90.6 Å². The van der Waals surface area contributed by atoms with Crippen molar-refractivity contribution in [3.8, 4) is 0 Å². The number of ether oxygens (including phenoxy) is 2. The van der Waals surface area contributed by atoms with Gasteiger partial charge in [-0.05, 0) is 39.0 Å². The topological polar surface area (TPSA) is 75.2 Å². The maximum atomic E-state index is 11.6. The highest BCUT2D eigenvalue weighted by Crippen LogP contribution is 2.10. The molecule has 0 spiro atoms. The Bertz CT molecular complexity index is 411. The van der Waals surface area contributed by atoms with Crippen LogP contribution < -0.4 is 10.6 Å². The predicted octanol–water partition coefficient (Wildman–Crippen LogP) is 1.14. The summed E-state index contributed by atoms with van der Waals surface area (Å²) in [6, 6.07) is 0. The maximum absolute atomic E-state index is 11.6. The molecule has 0 aromatic heterocycles. The first-order chi connectivity index (χ1) is 12.3. The Kier molecular flexibility index (Phi) is 9.66. The molecule has 2 fully saturated rings. The van der Waals surface area contributed by atoms with Crippen molar-refractivity contribution in [3.63, 3.8) is 0 Å². The lowest BCUT2D eigenvalue weighted by Gasteiger charge is -2.22. The molecule has 2 heterocycles. The molecular weight excluding hydrogens is 320 g/mol. The quantitative estimate of drug-likeness (QED) is 0.350. The Balaban J connectivity index is 1.54. The van der Waals surface area contributed by atoms with E-state index >= 15 is 0 Å². The molecule has 7 nitrogen and oxygen atoms in total. The molecule has 2 aliphatic rings. The first kappa shape index (κ1) is 20.0. The molecule has 2 aliphatic heterocycles. The molecule has 1 amide bonds. The second kappa shape index (κ2) is 12.1. The lowest BCUT2D eigenvalue weighted by Crippen LogP contribution is -2.38. The van der Waals surface area contributed by atoms with Crippen LogP contribution in [0.1, 0.15) is 45.4 Å². The number of nitrogens with zero attached hydrogens (tertiary/aromatic N) is 2. The summed E-state index contributed by atoms with van der Waals surface area (Å²) in [5.41, 5.74) is 0. The molecule has 0 aliphatic carbocycles. The van der Waals surface area contributed by atoms with Gasteiger partial charge in [0.2, 0.25) is 5.91 Å². The Morgan fingerprint density at radius 3 is 2.88 bits per heavy atom. The molecule has 0 saturated carbocycles. The number of carbonyl (C=O) groups excluding carboxylic acids is 1. The third kappa shape index (κ3) is 8.05. The van der Waals surface area contributed by atoms with E-state index in [1.165, 1.54) is 0 Å². The predicted molar refractivity (Wildman–Crippen MR) is 98.8 cm³/mol. The molecule has 7 heteroatoms. The highest BCUT2D eigenvalue weighted by molar-refractivity contribution is 5.79. The van der Waals surface area contributed by atoms with Gasteiger partial charge >= 0.3 is 0 Å². The van der Waals surface area contributed by atoms with Crippen LogP contribution in [0, 0.1) is 0 Å². The minimum absolute atomic E-state index is 0.290. The number of carbonyl (C=O) groups is 1. The second-order valence-corrected chi connectivity index (χ2v) is 6.56. The van der Waals surface area contributed by atoms with E-state index in [0.29, 0.717) is 18.4 Å². The zero-order valence-electron chi connectivity index (χ0n) is 15.6. The number of rotatable bonds is 10. The molecule has 0 unspecified atom stereocenters. The zero-order chi connectivity index (χ0) is 17.7. The fourth-order valence-corrected chi connectivity index (χ4v) is 3.11. The number of hydrogen-bond donors (Lipinski definition) is 2. The van der Waals surface area contributed by atoms with Gasteiger partial charge in [-0.15, -0.1) is 0 Å². The van der Waals surface area contributed by atoms with E-state index in [4.69, 9.17) is 9.47 Å². The largest absolute Gasteiger partial charge is 0.381 e. The van der Waals surface area contributed by atoms with Gasteiger partial charge in [0.15, 0.2) is 5.96 Å². The van der Waals surface area contributed by atoms with Crippen LogP contribution in [0.25, 0.3) is 0 Å². The standard InChI is InChI=1S/C18H34N4O3/c1-2-19-18(20-9-4-12-22-11-3-6-17(22)23)21-10-5-13-25-16-7-14-24-15-8-16/h16H,2-15H2,1H3,(H2,19,20,21). The van der Waals surface area contributed by atoms with Crippen LogP contribution in [0.3, 0.4) is 0 Å². The van der Waals surface area contributed by atoms with Crippen LogP contribution in [0.4, 0.5) is 0 Å².